The van der Waals surface area contributed by atoms with E-state index in [0.29, 0.717) is 11.1 Å². The number of aliphatic hydroxyl groups excluding tert-OH is 3. The van der Waals surface area contributed by atoms with Gasteiger partial charge in [-0.3, -0.25) is 0 Å². The fourth-order valence-electron chi connectivity index (χ4n) is 1.27. The summed E-state index contributed by atoms with van der Waals surface area (Å²) in [6.07, 6.45) is -1.30. The summed E-state index contributed by atoms with van der Waals surface area (Å²) in [5.41, 5.74) is 0.886. The molecule has 5 nitrogen and oxygen atoms in total. The first-order valence-electron chi connectivity index (χ1n) is 4.44. The molecule has 0 heterocycles. The van der Waals surface area contributed by atoms with Crippen molar-refractivity contribution in [3.05, 3.63) is 35.4 Å². The summed E-state index contributed by atoms with van der Waals surface area (Å²) in [5, 5.41) is 38.9. The highest BCUT2D eigenvalue weighted by atomic mass is 16.4. The fraction of sp³-hybridized carbons (Fsp3) is 0.300. The summed E-state index contributed by atoms with van der Waals surface area (Å²) in [6, 6.07) is 6.60. The van der Waals surface area contributed by atoms with Crippen LogP contribution in [0.1, 0.15) is 17.2 Å². The van der Waals surface area contributed by atoms with Crippen LogP contribution >= 0.6 is 0 Å². The Morgan fingerprint density at radius 2 is 1.93 bits per heavy atom. The molecule has 82 valence electrons. The molecule has 1 aromatic rings. The average molecular weight is 211 g/mol. The molecule has 0 bridgehead atoms. The first-order chi connectivity index (χ1) is 7.20. The summed E-state index contributed by atoms with van der Waals surface area (Å²) < 4.78 is 0. The first kappa shape index (κ1) is 11.6. The van der Waals surface area contributed by atoms with Gasteiger partial charge in [0.25, 0.3) is 0 Å². The van der Waals surface area contributed by atoms with Crippen LogP contribution in [0.5, 0.6) is 0 Å². The van der Waals surface area contributed by atoms with Gasteiger partial charge in [-0.15, -0.1) is 0 Å². The van der Waals surface area contributed by atoms with Crippen molar-refractivity contribution < 1.29 is 20.5 Å². The molecule has 0 fully saturated rings. The van der Waals surface area contributed by atoms with Crippen LogP contribution < -0.4 is 0 Å². The minimum Gasteiger partial charge on any atom is -0.411 e. The number of oxime groups is 1. The molecular weight excluding hydrogens is 198 g/mol. The van der Waals surface area contributed by atoms with E-state index in [4.69, 9.17) is 10.3 Å². The molecule has 0 aliphatic carbocycles. The quantitative estimate of drug-likeness (QED) is 0.317. The van der Waals surface area contributed by atoms with E-state index in [1.165, 1.54) is 0 Å². The maximum atomic E-state index is 9.64. The smallest absolute Gasteiger partial charge is 0.108 e. The van der Waals surface area contributed by atoms with Gasteiger partial charge in [-0.05, 0) is 5.56 Å². The summed E-state index contributed by atoms with van der Waals surface area (Å²) in [5.74, 6) is 0. The van der Waals surface area contributed by atoms with E-state index in [1.54, 1.807) is 24.3 Å². The minimum atomic E-state index is -1.25. The third kappa shape index (κ3) is 2.76. The lowest BCUT2D eigenvalue weighted by Crippen LogP contribution is -2.23. The van der Waals surface area contributed by atoms with Crippen molar-refractivity contribution >= 4 is 6.21 Å². The zero-order valence-corrected chi connectivity index (χ0v) is 7.98. The molecule has 0 amide bonds. The molecule has 0 spiro atoms. The number of rotatable bonds is 4. The van der Waals surface area contributed by atoms with Gasteiger partial charge in [0, 0.05) is 5.56 Å². The van der Waals surface area contributed by atoms with Crippen LogP contribution in [0.15, 0.2) is 29.4 Å². The van der Waals surface area contributed by atoms with E-state index in [1.807, 2.05) is 0 Å². The van der Waals surface area contributed by atoms with Crippen molar-refractivity contribution in [3.63, 3.8) is 0 Å². The average Bonchev–Trinajstić information content (AvgIpc) is 2.28. The Balaban J connectivity index is 3.01. The number of hydrogen-bond donors (Lipinski definition) is 4. The number of nitrogens with zero attached hydrogens (tertiary/aromatic N) is 1. The molecule has 5 heteroatoms. The van der Waals surface area contributed by atoms with Crippen molar-refractivity contribution in [3.8, 4) is 0 Å². The van der Waals surface area contributed by atoms with Crippen LogP contribution in [-0.4, -0.2) is 39.5 Å². The van der Waals surface area contributed by atoms with Gasteiger partial charge in [0.2, 0.25) is 0 Å². The Kier molecular flexibility index (Phi) is 4.23. The van der Waals surface area contributed by atoms with Crippen molar-refractivity contribution in [2.75, 3.05) is 6.61 Å². The minimum absolute atomic E-state index is 0.400. The van der Waals surface area contributed by atoms with Crippen molar-refractivity contribution in [2.24, 2.45) is 5.16 Å². The topological polar surface area (TPSA) is 93.3 Å². The summed E-state index contributed by atoms with van der Waals surface area (Å²) >= 11 is 0. The van der Waals surface area contributed by atoms with Crippen molar-refractivity contribution in [1.82, 2.24) is 0 Å². The molecular formula is C10H13NO4. The van der Waals surface area contributed by atoms with E-state index in [2.05, 4.69) is 5.16 Å². The molecule has 1 aromatic carbocycles. The third-order valence-electron chi connectivity index (χ3n) is 2.06. The maximum Gasteiger partial charge on any atom is 0.108 e. The lowest BCUT2D eigenvalue weighted by molar-refractivity contribution is -0.0153. The second kappa shape index (κ2) is 5.45. The van der Waals surface area contributed by atoms with E-state index in [9.17, 15) is 10.2 Å². The molecule has 0 saturated carbocycles. The van der Waals surface area contributed by atoms with E-state index < -0.39 is 18.8 Å². The van der Waals surface area contributed by atoms with Gasteiger partial charge in [-0.2, -0.15) is 0 Å². The molecule has 0 aliphatic heterocycles. The van der Waals surface area contributed by atoms with Crippen molar-refractivity contribution in [1.29, 1.82) is 0 Å². The van der Waals surface area contributed by atoms with E-state index in [0.717, 1.165) is 6.21 Å². The Labute approximate surface area is 86.9 Å². The highest BCUT2D eigenvalue weighted by molar-refractivity contribution is 5.81. The van der Waals surface area contributed by atoms with Gasteiger partial charge < -0.3 is 20.5 Å². The maximum absolute atomic E-state index is 9.64. The van der Waals surface area contributed by atoms with Gasteiger partial charge in [0.05, 0.1) is 12.8 Å². The highest BCUT2D eigenvalue weighted by Gasteiger charge is 2.19. The van der Waals surface area contributed by atoms with E-state index >= 15 is 0 Å². The molecule has 4 N–H and O–H groups in total. The molecule has 1 rings (SSSR count). The molecule has 2 atom stereocenters. The standard InChI is InChI=1S/C10H13NO4/c12-6-9(13)10(14)8-4-2-1-3-7(8)5-11-15/h1-5,9-10,12-15H,6H2. The fourth-order valence-corrected chi connectivity index (χ4v) is 1.27. The molecule has 0 saturated heterocycles. The van der Waals surface area contributed by atoms with Crippen molar-refractivity contribution in [2.45, 2.75) is 12.2 Å². The number of aliphatic hydroxyl groups is 3. The third-order valence-corrected chi connectivity index (χ3v) is 2.06. The number of benzene rings is 1. The second-order valence-corrected chi connectivity index (χ2v) is 3.07. The van der Waals surface area contributed by atoms with Crippen LogP contribution in [0.3, 0.4) is 0 Å². The predicted octanol–water partition coefficient (Wildman–Crippen LogP) is -0.119. The van der Waals surface area contributed by atoms with Crippen LogP contribution in [-0.2, 0) is 0 Å². The van der Waals surface area contributed by atoms with Crippen LogP contribution in [0.25, 0.3) is 0 Å². The summed E-state index contributed by atoms with van der Waals surface area (Å²) in [6.45, 7) is -0.536. The second-order valence-electron chi connectivity index (χ2n) is 3.07. The lowest BCUT2D eigenvalue weighted by Gasteiger charge is -2.17. The summed E-state index contributed by atoms with van der Waals surface area (Å²) in [7, 11) is 0. The lowest BCUT2D eigenvalue weighted by atomic mass is 9.99. The van der Waals surface area contributed by atoms with Gasteiger partial charge in [0.1, 0.15) is 12.2 Å². The highest BCUT2D eigenvalue weighted by Crippen LogP contribution is 2.19. The van der Waals surface area contributed by atoms with Gasteiger partial charge in [0.15, 0.2) is 0 Å². The Morgan fingerprint density at radius 3 is 2.53 bits per heavy atom. The zero-order chi connectivity index (χ0) is 11.3. The zero-order valence-electron chi connectivity index (χ0n) is 7.98. The largest absolute Gasteiger partial charge is 0.411 e. The molecule has 0 radical (unpaired) electrons. The van der Waals surface area contributed by atoms with Crippen LogP contribution in [0, 0.1) is 0 Å². The van der Waals surface area contributed by atoms with Crippen LogP contribution in [0.4, 0.5) is 0 Å². The van der Waals surface area contributed by atoms with Gasteiger partial charge in [-0.1, -0.05) is 29.4 Å². The normalized spacial score (nSPS) is 15.4. The van der Waals surface area contributed by atoms with E-state index in [-0.39, 0.29) is 0 Å². The monoisotopic (exact) mass is 211 g/mol. The SMILES string of the molecule is OCC(O)C(O)c1ccccc1C=NO. The van der Waals surface area contributed by atoms with Gasteiger partial charge in [-0.25, -0.2) is 0 Å². The summed E-state index contributed by atoms with van der Waals surface area (Å²) in [4.78, 5) is 0. The first-order valence-corrected chi connectivity index (χ1v) is 4.44. The Hall–Kier alpha value is -1.43. The Bertz CT molecular complexity index is 340. The van der Waals surface area contributed by atoms with Gasteiger partial charge >= 0.3 is 0 Å². The number of hydrogen-bond acceptors (Lipinski definition) is 5. The molecule has 2 unspecified atom stereocenters. The molecule has 0 aromatic heterocycles. The molecule has 0 aliphatic rings. The van der Waals surface area contributed by atoms with Crippen LogP contribution in [0.2, 0.25) is 0 Å². The Morgan fingerprint density at radius 1 is 1.27 bits per heavy atom. The molecule has 15 heavy (non-hydrogen) atoms. The predicted molar refractivity (Wildman–Crippen MR) is 53.9 cm³/mol.